The Morgan fingerprint density at radius 2 is 1.81 bits per heavy atom. The first-order chi connectivity index (χ1) is 15.3. The molecule has 0 saturated carbocycles. The lowest BCUT2D eigenvalue weighted by Crippen LogP contribution is -2.29. The van der Waals surface area contributed by atoms with Gasteiger partial charge >= 0.3 is 0 Å². The Hall–Kier alpha value is -2.59. The number of carbonyl (C=O) groups excluding carboxylic acids is 2. The second-order valence-electron chi connectivity index (χ2n) is 6.71. The van der Waals surface area contributed by atoms with Gasteiger partial charge in [0.2, 0.25) is 0 Å². The molecule has 2 aromatic rings. The zero-order valence-electron chi connectivity index (χ0n) is 16.9. The molecule has 11 heteroatoms. The summed E-state index contributed by atoms with van der Waals surface area (Å²) >= 11 is 13.5. The average Bonchev–Trinajstić information content (AvgIpc) is 3.01. The number of nitrogens with zero attached hydrogens (tertiary/aromatic N) is 2. The quantitative estimate of drug-likeness (QED) is 0.194. The monoisotopic (exact) mass is 496 g/mol. The van der Waals surface area contributed by atoms with Gasteiger partial charge in [-0.1, -0.05) is 23.2 Å². The molecule has 1 aliphatic heterocycles. The van der Waals surface area contributed by atoms with Crippen molar-refractivity contribution in [2.24, 2.45) is 0 Å². The van der Waals surface area contributed by atoms with Crippen LogP contribution < -0.4 is 4.74 Å². The summed E-state index contributed by atoms with van der Waals surface area (Å²) < 4.78 is 10.6. The third-order valence-electron chi connectivity index (χ3n) is 4.45. The zero-order valence-corrected chi connectivity index (χ0v) is 19.2. The molecule has 1 fully saturated rings. The van der Waals surface area contributed by atoms with Crippen molar-refractivity contribution >= 4 is 57.9 Å². The molecule has 0 aromatic heterocycles. The molecular formula is C21H18Cl2N2O6S. The topological polar surface area (TPSA) is 99.0 Å². The predicted molar refractivity (Wildman–Crippen MR) is 123 cm³/mol. The predicted octanol–water partition coefficient (Wildman–Crippen LogP) is 5.55. The maximum atomic E-state index is 12.5. The molecule has 0 spiro atoms. The summed E-state index contributed by atoms with van der Waals surface area (Å²) in [6, 6.07) is 9.09. The molecule has 8 nitrogen and oxygen atoms in total. The van der Waals surface area contributed by atoms with Gasteiger partial charge in [0.15, 0.2) is 5.75 Å². The summed E-state index contributed by atoms with van der Waals surface area (Å²) in [5.74, 6) is -0.127. The van der Waals surface area contributed by atoms with Crippen LogP contribution in [0.15, 0.2) is 41.3 Å². The van der Waals surface area contributed by atoms with E-state index < -0.39 is 4.92 Å². The Bertz CT molecular complexity index is 1050. The highest BCUT2D eigenvalue weighted by Gasteiger charge is 2.34. The number of nitro benzene ring substituents is 1. The summed E-state index contributed by atoms with van der Waals surface area (Å²) in [6.07, 6.45) is 2.11. The number of carbonyl (C=O) groups is 2. The van der Waals surface area contributed by atoms with Crippen LogP contribution in [0.3, 0.4) is 0 Å². The van der Waals surface area contributed by atoms with Crippen LogP contribution in [0.5, 0.6) is 5.75 Å². The number of non-ortho nitro benzene ring substituents is 1. The highest BCUT2D eigenvalue weighted by molar-refractivity contribution is 8.18. The molecule has 2 amide bonds. The standard InChI is InChI=1S/C21H18Cl2N2O6S/c1-30-8-2-7-24-20(26)18(32-21(24)27)11-14-9-16(22)19(17(23)10-14)31-12-13-3-5-15(6-4-13)25(28)29/h3-6,9-11H,2,7-8,12H2,1H3/b18-11+. The summed E-state index contributed by atoms with van der Waals surface area (Å²) in [7, 11) is 1.56. The van der Waals surface area contributed by atoms with Crippen molar-refractivity contribution < 1.29 is 24.0 Å². The van der Waals surface area contributed by atoms with Gasteiger partial charge < -0.3 is 9.47 Å². The summed E-state index contributed by atoms with van der Waals surface area (Å²) in [6.45, 7) is 0.844. The van der Waals surface area contributed by atoms with E-state index in [1.54, 1.807) is 37.5 Å². The number of ether oxygens (including phenoxy) is 2. The molecule has 168 valence electrons. The van der Waals surface area contributed by atoms with Crippen molar-refractivity contribution in [3.63, 3.8) is 0 Å². The van der Waals surface area contributed by atoms with E-state index in [0.29, 0.717) is 24.2 Å². The van der Waals surface area contributed by atoms with Crippen molar-refractivity contribution in [1.82, 2.24) is 4.90 Å². The van der Waals surface area contributed by atoms with E-state index >= 15 is 0 Å². The second kappa shape index (κ2) is 10.8. The van der Waals surface area contributed by atoms with Crippen LogP contribution in [0.25, 0.3) is 6.08 Å². The first kappa shape index (κ1) is 24.1. The summed E-state index contributed by atoms with van der Waals surface area (Å²) in [5, 5.41) is 10.9. The lowest BCUT2D eigenvalue weighted by atomic mass is 10.2. The molecule has 1 heterocycles. The number of imide groups is 1. The number of amides is 2. The minimum atomic E-state index is -0.481. The van der Waals surface area contributed by atoms with E-state index in [4.69, 9.17) is 32.7 Å². The lowest BCUT2D eigenvalue weighted by molar-refractivity contribution is -0.384. The molecule has 2 aromatic carbocycles. The minimum Gasteiger partial charge on any atom is -0.486 e. The van der Waals surface area contributed by atoms with E-state index in [0.717, 1.165) is 11.8 Å². The number of halogens is 2. The Kier molecular flexibility index (Phi) is 8.14. The Balaban J connectivity index is 1.70. The molecule has 0 radical (unpaired) electrons. The minimum absolute atomic E-state index is 0.0164. The van der Waals surface area contributed by atoms with Crippen molar-refractivity contribution in [2.75, 3.05) is 20.3 Å². The van der Waals surface area contributed by atoms with Crippen molar-refractivity contribution in [1.29, 1.82) is 0 Å². The Morgan fingerprint density at radius 3 is 2.41 bits per heavy atom. The molecule has 0 N–H and O–H groups in total. The summed E-state index contributed by atoms with van der Waals surface area (Å²) in [5.41, 5.74) is 1.23. The van der Waals surface area contributed by atoms with E-state index in [2.05, 4.69) is 0 Å². The van der Waals surface area contributed by atoms with Crippen molar-refractivity contribution in [3.05, 3.63) is 72.6 Å². The number of rotatable bonds is 9. The molecule has 1 saturated heterocycles. The second-order valence-corrected chi connectivity index (χ2v) is 8.51. The van der Waals surface area contributed by atoms with Gasteiger partial charge in [-0.2, -0.15) is 0 Å². The zero-order chi connectivity index (χ0) is 23.3. The van der Waals surface area contributed by atoms with Gasteiger partial charge in [0, 0.05) is 32.4 Å². The number of thioether (sulfide) groups is 1. The van der Waals surface area contributed by atoms with Crippen LogP contribution in [-0.2, 0) is 16.1 Å². The molecule has 3 rings (SSSR count). The van der Waals surface area contributed by atoms with Gasteiger partial charge in [0.05, 0.1) is 19.9 Å². The van der Waals surface area contributed by atoms with Crippen LogP contribution in [0, 0.1) is 10.1 Å². The highest BCUT2D eigenvalue weighted by atomic mass is 35.5. The fraction of sp³-hybridized carbons (Fsp3) is 0.238. The van der Waals surface area contributed by atoms with Crippen LogP contribution in [0.4, 0.5) is 10.5 Å². The highest BCUT2D eigenvalue weighted by Crippen LogP contribution is 2.37. The lowest BCUT2D eigenvalue weighted by Gasteiger charge is -2.12. The van der Waals surface area contributed by atoms with Gasteiger partial charge in [-0.15, -0.1) is 0 Å². The molecule has 32 heavy (non-hydrogen) atoms. The molecule has 0 atom stereocenters. The fourth-order valence-corrected chi connectivity index (χ4v) is 4.36. The number of benzene rings is 2. The smallest absolute Gasteiger partial charge is 0.293 e. The third kappa shape index (κ3) is 5.80. The van der Waals surface area contributed by atoms with E-state index in [9.17, 15) is 19.7 Å². The van der Waals surface area contributed by atoms with Gasteiger partial charge in [-0.25, -0.2) is 0 Å². The third-order valence-corrected chi connectivity index (χ3v) is 5.92. The van der Waals surface area contributed by atoms with Crippen LogP contribution in [-0.4, -0.2) is 41.2 Å². The number of hydrogen-bond acceptors (Lipinski definition) is 7. The normalized spacial score (nSPS) is 15.0. The Morgan fingerprint density at radius 1 is 1.16 bits per heavy atom. The van der Waals surface area contributed by atoms with E-state index in [1.165, 1.54) is 17.0 Å². The average molecular weight is 497 g/mol. The first-order valence-corrected chi connectivity index (χ1v) is 11.0. The van der Waals surface area contributed by atoms with Gasteiger partial charge in [0.1, 0.15) is 6.61 Å². The largest absolute Gasteiger partial charge is 0.486 e. The van der Waals surface area contributed by atoms with Crippen LogP contribution in [0.1, 0.15) is 17.5 Å². The van der Waals surface area contributed by atoms with E-state index in [-0.39, 0.29) is 50.7 Å². The van der Waals surface area contributed by atoms with Crippen molar-refractivity contribution in [3.8, 4) is 5.75 Å². The fourth-order valence-electron chi connectivity index (χ4n) is 2.88. The number of methoxy groups -OCH3 is 1. The van der Waals surface area contributed by atoms with Crippen LogP contribution >= 0.6 is 35.0 Å². The molecule has 0 aliphatic carbocycles. The van der Waals surface area contributed by atoms with Crippen LogP contribution in [0.2, 0.25) is 10.0 Å². The maximum Gasteiger partial charge on any atom is 0.293 e. The SMILES string of the molecule is COCCCN1C(=O)S/C(=C/c2cc(Cl)c(OCc3ccc([N+](=O)[O-])cc3)c(Cl)c2)C1=O. The number of nitro groups is 1. The van der Waals surface area contributed by atoms with Gasteiger partial charge in [-0.3, -0.25) is 24.6 Å². The first-order valence-electron chi connectivity index (χ1n) is 9.39. The molecule has 0 bridgehead atoms. The Labute approximate surface area is 198 Å². The molecular weight excluding hydrogens is 479 g/mol. The van der Waals surface area contributed by atoms with Crippen molar-refractivity contribution in [2.45, 2.75) is 13.0 Å². The number of hydrogen-bond donors (Lipinski definition) is 0. The summed E-state index contributed by atoms with van der Waals surface area (Å²) in [4.78, 5) is 36.4. The molecule has 0 unspecified atom stereocenters. The van der Waals surface area contributed by atoms with Gasteiger partial charge in [-0.05, 0) is 59.7 Å². The maximum absolute atomic E-state index is 12.5. The van der Waals surface area contributed by atoms with Gasteiger partial charge in [0.25, 0.3) is 16.8 Å². The molecule has 1 aliphatic rings. The van der Waals surface area contributed by atoms with E-state index in [1.807, 2.05) is 0 Å².